The van der Waals surface area contributed by atoms with E-state index in [4.69, 9.17) is 27.4 Å². The molecule has 0 spiro atoms. The Morgan fingerprint density at radius 2 is 2.42 bits per heavy atom. The first-order valence-electron chi connectivity index (χ1n) is 6.06. The summed E-state index contributed by atoms with van der Waals surface area (Å²) in [5.74, 6) is 0.252. The summed E-state index contributed by atoms with van der Waals surface area (Å²) in [6.45, 7) is 2.41. The van der Waals surface area contributed by atoms with Gasteiger partial charge in [-0.3, -0.25) is 4.90 Å². The summed E-state index contributed by atoms with van der Waals surface area (Å²) in [5.41, 5.74) is 6.21. The SMILES string of the molecule is COc1ccc(CN2CCOC(C(N)=S)C2)c(F)c1. The van der Waals surface area contributed by atoms with E-state index in [-0.39, 0.29) is 11.9 Å². The zero-order valence-electron chi connectivity index (χ0n) is 10.8. The lowest BCUT2D eigenvalue weighted by Crippen LogP contribution is -2.47. The number of nitrogens with zero attached hydrogens (tertiary/aromatic N) is 1. The number of ether oxygens (including phenoxy) is 2. The van der Waals surface area contributed by atoms with Crippen molar-refractivity contribution in [1.29, 1.82) is 0 Å². The Balaban J connectivity index is 2.02. The van der Waals surface area contributed by atoms with Gasteiger partial charge in [-0.1, -0.05) is 18.3 Å². The Labute approximate surface area is 117 Å². The molecule has 104 valence electrons. The lowest BCUT2D eigenvalue weighted by atomic mass is 10.1. The number of benzene rings is 1. The van der Waals surface area contributed by atoms with E-state index in [0.717, 1.165) is 6.54 Å². The van der Waals surface area contributed by atoms with Crippen LogP contribution in [0.3, 0.4) is 0 Å². The molecule has 2 N–H and O–H groups in total. The molecule has 1 aliphatic heterocycles. The lowest BCUT2D eigenvalue weighted by Gasteiger charge is -2.32. The molecule has 1 fully saturated rings. The van der Waals surface area contributed by atoms with E-state index in [0.29, 0.717) is 36.0 Å². The van der Waals surface area contributed by atoms with Gasteiger partial charge in [-0.15, -0.1) is 0 Å². The Morgan fingerprint density at radius 3 is 3.05 bits per heavy atom. The number of hydrogen-bond donors (Lipinski definition) is 1. The summed E-state index contributed by atoms with van der Waals surface area (Å²) in [6, 6.07) is 4.88. The maximum Gasteiger partial charge on any atom is 0.131 e. The highest BCUT2D eigenvalue weighted by Gasteiger charge is 2.23. The predicted octanol–water partition coefficient (Wildman–Crippen LogP) is 1.32. The molecular weight excluding hydrogens is 267 g/mol. The van der Waals surface area contributed by atoms with E-state index in [2.05, 4.69) is 4.90 Å². The smallest absolute Gasteiger partial charge is 0.131 e. The summed E-state index contributed by atoms with van der Waals surface area (Å²) < 4.78 is 24.3. The Kier molecular flexibility index (Phi) is 4.68. The van der Waals surface area contributed by atoms with Gasteiger partial charge in [0.1, 0.15) is 22.7 Å². The van der Waals surface area contributed by atoms with Crippen LogP contribution in [0.1, 0.15) is 5.56 Å². The van der Waals surface area contributed by atoms with Gasteiger partial charge in [-0.2, -0.15) is 0 Å². The van der Waals surface area contributed by atoms with E-state index in [9.17, 15) is 4.39 Å². The van der Waals surface area contributed by atoms with Gasteiger partial charge in [0.15, 0.2) is 0 Å². The van der Waals surface area contributed by atoms with Gasteiger partial charge in [-0.25, -0.2) is 4.39 Å². The molecule has 1 aliphatic rings. The van der Waals surface area contributed by atoms with E-state index in [1.807, 2.05) is 0 Å². The highest BCUT2D eigenvalue weighted by Crippen LogP contribution is 2.18. The second-order valence-corrected chi connectivity index (χ2v) is 4.93. The fourth-order valence-corrected chi connectivity index (χ4v) is 2.18. The number of nitrogens with two attached hydrogens (primary N) is 1. The first-order valence-corrected chi connectivity index (χ1v) is 6.46. The summed E-state index contributed by atoms with van der Waals surface area (Å²) in [5, 5.41) is 0. The fraction of sp³-hybridized carbons (Fsp3) is 0.462. The molecule has 1 aromatic carbocycles. The molecule has 2 rings (SSSR count). The molecule has 1 aromatic rings. The highest BCUT2D eigenvalue weighted by atomic mass is 32.1. The first kappa shape index (κ1) is 14.2. The molecule has 0 saturated carbocycles. The molecule has 0 radical (unpaired) electrons. The molecule has 0 bridgehead atoms. The molecule has 0 aromatic heterocycles. The summed E-state index contributed by atoms with van der Waals surface area (Å²) in [7, 11) is 1.52. The van der Waals surface area contributed by atoms with Gasteiger partial charge in [0, 0.05) is 31.3 Å². The van der Waals surface area contributed by atoms with Crippen molar-refractivity contribution in [3.05, 3.63) is 29.6 Å². The van der Waals surface area contributed by atoms with Crippen molar-refractivity contribution in [3.63, 3.8) is 0 Å². The number of thiocarbonyl (C=S) groups is 1. The average molecular weight is 284 g/mol. The normalized spacial score (nSPS) is 20.2. The van der Waals surface area contributed by atoms with Crippen molar-refractivity contribution < 1.29 is 13.9 Å². The van der Waals surface area contributed by atoms with Crippen molar-refractivity contribution in [2.75, 3.05) is 26.8 Å². The maximum atomic E-state index is 13.9. The second-order valence-electron chi connectivity index (χ2n) is 4.45. The summed E-state index contributed by atoms with van der Waals surface area (Å²) in [4.78, 5) is 2.43. The Morgan fingerprint density at radius 1 is 1.63 bits per heavy atom. The van der Waals surface area contributed by atoms with Crippen LogP contribution in [-0.4, -0.2) is 42.8 Å². The summed E-state index contributed by atoms with van der Waals surface area (Å²) >= 11 is 4.93. The van der Waals surface area contributed by atoms with Gasteiger partial charge in [0.2, 0.25) is 0 Å². The number of methoxy groups -OCH3 is 1. The van der Waals surface area contributed by atoms with Gasteiger partial charge in [0.05, 0.1) is 13.7 Å². The standard InChI is InChI=1S/C13H17FN2O2S/c1-17-10-3-2-9(11(14)6-10)7-16-4-5-18-12(8-16)13(15)19/h2-3,6,12H,4-5,7-8H2,1H3,(H2,15,19). The maximum absolute atomic E-state index is 13.9. The first-order chi connectivity index (χ1) is 9.10. The second kappa shape index (κ2) is 6.27. The molecule has 1 heterocycles. The van der Waals surface area contributed by atoms with Crippen LogP contribution in [0.25, 0.3) is 0 Å². The number of halogens is 1. The van der Waals surface area contributed by atoms with Crippen LogP contribution in [0, 0.1) is 5.82 Å². The largest absolute Gasteiger partial charge is 0.497 e. The summed E-state index contributed by atoms with van der Waals surface area (Å²) in [6.07, 6.45) is -0.245. The van der Waals surface area contributed by atoms with Crippen LogP contribution in [0.4, 0.5) is 4.39 Å². The van der Waals surface area contributed by atoms with Crippen molar-refractivity contribution in [1.82, 2.24) is 4.90 Å². The third kappa shape index (κ3) is 3.62. The minimum Gasteiger partial charge on any atom is -0.497 e. The zero-order valence-corrected chi connectivity index (χ0v) is 11.6. The lowest BCUT2D eigenvalue weighted by molar-refractivity contribution is 0.00353. The Hall–Kier alpha value is -1.24. The van der Waals surface area contributed by atoms with Gasteiger partial charge < -0.3 is 15.2 Å². The monoisotopic (exact) mass is 284 g/mol. The topological polar surface area (TPSA) is 47.7 Å². The molecule has 4 nitrogen and oxygen atoms in total. The minimum absolute atomic E-state index is 0.245. The molecule has 19 heavy (non-hydrogen) atoms. The number of morpholine rings is 1. The van der Waals surface area contributed by atoms with Crippen LogP contribution in [0.15, 0.2) is 18.2 Å². The number of rotatable bonds is 4. The molecule has 0 aliphatic carbocycles. The molecular formula is C13H17FN2O2S. The third-order valence-corrected chi connectivity index (χ3v) is 3.38. The highest BCUT2D eigenvalue weighted by molar-refractivity contribution is 7.80. The van der Waals surface area contributed by atoms with E-state index in [1.54, 1.807) is 12.1 Å². The minimum atomic E-state index is -0.266. The van der Waals surface area contributed by atoms with Crippen molar-refractivity contribution in [2.24, 2.45) is 5.73 Å². The molecule has 1 saturated heterocycles. The zero-order chi connectivity index (χ0) is 13.8. The van der Waals surface area contributed by atoms with E-state index < -0.39 is 0 Å². The van der Waals surface area contributed by atoms with Gasteiger partial charge in [-0.05, 0) is 6.07 Å². The third-order valence-electron chi connectivity index (χ3n) is 3.12. The molecule has 1 atom stereocenters. The molecule has 0 amide bonds. The average Bonchev–Trinajstić information content (AvgIpc) is 2.41. The predicted molar refractivity (Wildman–Crippen MR) is 74.8 cm³/mol. The van der Waals surface area contributed by atoms with Gasteiger partial charge >= 0.3 is 0 Å². The van der Waals surface area contributed by atoms with Crippen LogP contribution >= 0.6 is 12.2 Å². The van der Waals surface area contributed by atoms with E-state index in [1.165, 1.54) is 13.2 Å². The van der Waals surface area contributed by atoms with Crippen molar-refractivity contribution in [2.45, 2.75) is 12.6 Å². The van der Waals surface area contributed by atoms with Crippen LogP contribution < -0.4 is 10.5 Å². The Bertz CT molecular complexity index is 470. The van der Waals surface area contributed by atoms with Crippen LogP contribution in [0.2, 0.25) is 0 Å². The molecule has 1 unspecified atom stereocenters. The quantitative estimate of drug-likeness (QED) is 0.845. The fourth-order valence-electron chi connectivity index (χ4n) is 2.04. The number of hydrogen-bond acceptors (Lipinski definition) is 4. The van der Waals surface area contributed by atoms with Crippen LogP contribution in [-0.2, 0) is 11.3 Å². The van der Waals surface area contributed by atoms with Crippen molar-refractivity contribution in [3.8, 4) is 5.75 Å². The molecule has 6 heteroatoms. The van der Waals surface area contributed by atoms with Gasteiger partial charge in [0.25, 0.3) is 0 Å². The van der Waals surface area contributed by atoms with Crippen LogP contribution in [0.5, 0.6) is 5.75 Å². The van der Waals surface area contributed by atoms with E-state index >= 15 is 0 Å². The van der Waals surface area contributed by atoms with Crippen molar-refractivity contribution >= 4 is 17.2 Å².